The van der Waals surface area contributed by atoms with E-state index in [1.807, 2.05) is 0 Å². The van der Waals surface area contributed by atoms with Crippen molar-refractivity contribution in [2.24, 2.45) is 5.92 Å². The largest absolute Gasteiger partial charge is 0.481 e. The average molecular weight is 284 g/mol. The van der Waals surface area contributed by atoms with Crippen LogP contribution in [0.15, 0.2) is 35.2 Å². The van der Waals surface area contributed by atoms with E-state index >= 15 is 0 Å². The van der Waals surface area contributed by atoms with Gasteiger partial charge in [0.15, 0.2) is 0 Å². The summed E-state index contributed by atoms with van der Waals surface area (Å²) in [6.45, 7) is 0.814. The van der Waals surface area contributed by atoms with Gasteiger partial charge in [0.05, 0.1) is 10.8 Å². The SMILES string of the molecule is O=C(O)C1CNCC(NS(=O)(=O)c2ccccc2)C1. The Balaban J connectivity index is 2.06. The van der Waals surface area contributed by atoms with Gasteiger partial charge in [-0.1, -0.05) is 18.2 Å². The number of hydrogen-bond donors (Lipinski definition) is 3. The van der Waals surface area contributed by atoms with Gasteiger partial charge in [0.25, 0.3) is 0 Å². The van der Waals surface area contributed by atoms with E-state index < -0.39 is 28.0 Å². The van der Waals surface area contributed by atoms with Crippen molar-refractivity contribution < 1.29 is 18.3 Å². The monoisotopic (exact) mass is 284 g/mol. The van der Waals surface area contributed by atoms with Gasteiger partial charge in [0, 0.05) is 19.1 Å². The molecule has 1 aliphatic heterocycles. The van der Waals surface area contributed by atoms with Gasteiger partial charge in [0.2, 0.25) is 10.0 Å². The molecule has 6 nitrogen and oxygen atoms in total. The molecule has 3 N–H and O–H groups in total. The topological polar surface area (TPSA) is 95.5 Å². The third kappa shape index (κ3) is 3.52. The van der Waals surface area contributed by atoms with Gasteiger partial charge in [-0.05, 0) is 18.6 Å². The van der Waals surface area contributed by atoms with E-state index in [2.05, 4.69) is 10.0 Å². The summed E-state index contributed by atoms with van der Waals surface area (Å²) in [7, 11) is -3.59. The van der Waals surface area contributed by atoms with E-state index in [-0.39, 0.29) is 4.90 Å². The first-order chi connectivity index (χ1) is 8.99. The van der Waals surface area contributed by atoms with Crippen molar-refractivity contribution in [3.63, 3.8) is 0 Å². The molecule has 0 radical (unpaired) electrons. The molecule has 0 saturated carbocycles. The van der Waals surface area contributed by atoms with E-state index in [4.69, 9.17) is 5.11 Å². The van der Waals surface area contributed by atoms with Crippen molar-refractivity contribution in [3.05, 3.63) is 30.3 Å². The number of carbonyl (C=O) groups is 1. The van der Waals surface area contributed by atoms with E-state index in [0.29, 0.717) is 19.5 Å². The first kappa shape index (κ1) is 14.0. The van der Waals surface area contributed by atoms with Crippen LogP contribution >= 0.6 is 0 Å². The summed E-state index contributed by atoms with van der Waals surface area (Å²) >= 11 is 0. The van der Waals surface area contributed by atoms with Crippen LogP contribution in [-0.2, 0) is 14.8 Å². The third-order valence-electron chi connectivity index (χ3n) is 3.08. The van der Waals surface area contributed by atoms with E-state index in [9.17, 15) is 13.2 Å². The Hall–Kier alpha value is -1.44. The Kier molecular flexibility index (Phi) is 4.18. The molecule has 1 saturated heterocycles. The number of carboxylic acids is 1. The highest BCUT2D eigenvalue weighted by atomic mass is 32.2. The number of hydrogen-bond acceptors (Lipinski definition) is 4. The molecule has 2 rings (SSSR count). The molecule has 104 valence electrons. The predicted octanol–water partition coefficient (Wildman–Crippen LogP) is 0.0276. The van der Waals surface area contributed by atoms with Crippen LogP contribution in [-0.4, -0.2) is 38.6 Å². The molecule has 1 heterocycles. The Morgan fingerprint density at radius 3 is 2.58 bits per heavy atom. The van der Waals surface area contributed by atoms with Crippen molar-refractivity contribution in [2.75, 3.05) is 13.1 Å². The molecule has 0 aromatic heterocycles. The minimum atomic E-state index is -3.59. The second kappa shape index (κ2) is 5.68. The van der Waals surface area contributed by atoms with Crippen LogP contribution < -0.4 is 10.0 Å². The Morgan fingerprint density at radius 2 is 1.95 bits per heavy atom. The molecule has 1 aromatic rings. The van der Waals surface area contributed by atoms with Gasteiger partial charge in [0.1, 0.15) is 0 Å². The second-order valence-electron chi connectivity index (χ2n) is 4.56. The van der Waals surface area contributed by atoms with Crippen molar-refractivity contribution in [3.8, 4) is 0 Å². The van der Waals surface area contributed by atoms with Gasteiger partial charge in [-0.25, -0.2) is 13.1 Å². The summed E-state index contributed by atoms with van der Waals surface area (Å²) < 4.78 is 26.7. The minimum Gasteiger partial charge on any atom is -0.481 e. The first-order valence-corrected chi connectivity index (χ1v) is 7.48. The normalized spacial score (nSPS) is 24.0. The standard InChI is InChI=1S/C12H16N2O4S/c15-12(16)9-6-10(8-13-7-9)14-19(17,18)11-4-2-1-3-5-11/h1-5,9-10,13-14H,6-8H2,(H,15,16). The van der Waals surface area contributed by atoms with E-state index in [1.165, 1.54) is 12.1 Å². The highest BCUT2D eigenvalue weighted by molar-refractivity contribution is 7.89. The van der Waals surface area contributed by atoms with Crippen molar-refractivity contribution >= 4 is 16.0 Å². The van der Waals surface area contributed by atoms with E-state index in [0.717, 1.165) is 0 Å². The summed E-state index contributed by atoms with van der Waals surface area (Å²) in [5, 5.41) is 11.9. The quantitative estimate of drug-likeness (QED) is 0.725. The lowest BCUT2D eigenvalue weighted by Crippen LogP contribution is -2.50. The van der Waals surface area contributed by atoms with Crippen LogP contribution in [0.4, 0.5) is 0 Å². The fourth-order valence-corrected chi connectivity index (χ4v) is 3.38. The lowest BCUT2D eigenvalue weighted by atomic mass is 9.97. The average Bonchev–Trinajstić information content (AvgIpc) is 2.39. The van der Waals surface area contributed by atoms with Gasteiger partial charge in [-0.3, -0.25) is 4.79 Å². The molecule has 19 heavy (non-hydrogen) atoms. The smallest absolute Gasteiger partial charge is 0.307 e. The van der Waals surface area contributed by atoms with Crippen molar-refractivity contribution in [2.45, 2.75) is 17.4 Å². The fourth-order valence-electron chi connectivity index (χ4n) is 2.11. The summed E-state index contributed by atoms with van der Waals surface area (Å²) in [5.74, 6) is -1.46. The predicted molar refractivity (Wildman–Crippen MR) is 69.2 cm³/mol. The van der Waals surface area contributed by atoms with Gasteiger partial charge in [-0.15, -0.1) is 0 Å². The number of aliphatic carboxylic acids is 1. The number of piperidine rings is 1. The van der Waals surface area contributed by atoms with Crippen molar-refractivity contribution in [1.29, 1.82) is 0 Å². The molecular weight excluding hydrogens is 268 g/mol. The fraction of sp³-hybridized carbons (Fsp3) is 0.417. The van der Waals surface area contributed by atoms with Crippen LogP contribution in [0.3, 0.4) is 0 Å². The summed E-state index contributed by atoms with van der Waals surface area (Å²) in [6, 6.07) is 7.64. The molecule has 0 spiro atoms. The zero-order valence-corrected chi connectivity index (χ0v) is 11.1. The molecule has 0 bridgehead atoms. The zero-order valence-electron chi connectivity index (χ0n) is 10.2. The van der Waals surface area contributed by atoms with Gasteiger partial charge in [-0.2, -0.15) is 0 Å². The van der Waals surface area contributed by atoms with Crippen LogP contribution in [0.5, 0.6) is 0 Å². The second-order valence-corrected chi connectivity index (χ2v) is 6.27. The van der Waals surface area contributed by atoms with Crippen molar-refractivity contribution in [1.82, 2.24) is 10.0 Å². The molecule has 2 atom stereocenters. The van der Waals surface area contributed by atoms with E-state index in [1.54, 1.807) is 18.2 Å². The Bertz CT molecular complexity index is 544. The van der Waals surface area contributed by atoms with Crippen LogP contribution in [0.1, 0.15) is 6.42 Å². The lowest BCUT2D eigenvalue weighted by Gasteiger charge is -2.28. The molecular formula is C12H16N2O4S. The number of benzene rings is 1. The number of carboxylic acid groups (broad SMARTS) is 1. The summed E-state index contributed by atoms with van der Waals surface area (Å²) in [6.07, 6.45) is 0.300. The van der Waals surface area contributed by atoms with Crippen LogP contribution in [0.2, 0.25) is 0 Å². The van der Waals surface area contributed by atoms with Crippen LogP contribution in [0.25, 0.3) is 0 Å². The molecule has 0 aliphatic carbocycles. The number of rotatable bonds is 4. The Morgan fingerprint density at radius 1 is 1.26 bits per heavy atom. The molecule has 1 aromatic carbocycles. The lowest BCUT2D eigenvalue weighted by molar-refractivity contribution is -0.142. The molecule has 0 amide bonds. The number of nitrogens with one attached hydrogen (secondary N) is 2. The maximum Gasteiger partial charge on any atom is 0.307 e. The summed E-state index contributed by atoms with van der Waals surface area (Å²) in [4.78, 5) is 11.1. The third-order valence-corrected chi connectivity index (χ3v) is 4.61. The number of sulfonamides is 1. The molecule has 2 unspecified atom stereocenters. The first-order valence-electron chi connectivity index (χ1n) is 6.00. The van der Waals surface area contributed by atoms with Crippen LogP contribution in [0, 0.1) is 5.92 Å². The molecule has 7 heteroatoms. The molecule has 1 fully saturated rings. The van der Waals surface area contributed by atoms with Gasteiger partial charge < -0.3 is 10.4 Å². The summed E-state index contributed by atoms with van der Waals surface area (Å²) in [5.41, 5.74) is 0. The highest BCUT2D eigenvalue weighted by Gasteiger charge is 2.29. The highest BCUT2D eigenvalue weighted by Crippen LogP contribution is 2.14. The maximum atomic E-state index is 12.1. The zero-order chi connectivity index (χ0) is 13.9. The maximum absolute atomic E-state index is 12.1. The van der Waals surface area contributed by atoms with Gasteiger partial charge >= 0.3 is 5.97 Å². The molecule has 1 aliphatic rings. The Labute approximate surface area is 111 Å². The minimum absolute atomic E-state index is 0.187.